The number of alkyl halides is 3. The molecule has 0 aliphatic heterocycles. The molecule has 0 saturated heterocycles. The minimum absolute atomic E-state index is 0.553. The molecular formula is C16H14F3NO2. The zero-order chi connectivity index (χ0) is 16.3. The normalized spacial score (nSPS) is 12.8. The van der Waals surface area contributed by atoms with Gasteiger partial charge in [0, 0.05) is 0 Å². The van der Waals surface area contributed by atoms with Crippen molar-refractivity contribution < 1.29 is 22.7 Å². The lowest BCUT2D eigenvalue weighted by Crippen LogP contribution is -2.22. The van der Waals surface area contributed by atoms with Gasteiger partial charge in [-0.25, -0.2) is 0 Å². The third-order valence-electron chi connectivity index (χ3n) is 3.27. The van der Waals surface area contributed by atoms with Gasteiger partial charge in [-0.05, 0) is 28.8 Å². The number of nitrogens with two attached hydrogens (primary N) is 1. The van der Waals surface area contributed by atoms with Crippen LogP contribution in [0.2, 0.25) is 0 Å². The largest absolute Gasteiger partial charge is 0.468 e. The SMILES string of the molecule is COC(=O)[C@H](N)c1ccc(-c2ccc(C(F)(F)F)cc2)cc1. The summed E-state index contributed by atoms with van der Waals surface area (Å²) in [5.41, 5.74) is 6.96. The van der Waals surface area contributed by atoms with E-state index in [4.69, 9.17) is 5.73 Å². The molecule has 0 heterocycles. The van der Waals surface area contributed by atoms with Crippen molar-refractivity contribution in [3.05, 3.63) is 59.7 Å². The number of rotatable bonds is 3. The van der Waals surface area contributed by atoms with Gasteiger partial charge in [-0.15, -0.1) is 0 Å². The first-order chi connectivity index (χ1) is 10.3. The molecule has 0 fully saturated rings. The molecule has 2 aromatic rings. The summed E-state index contributed by atoms with van der Waals surface area (Å²) in [5, 5.41) is 0. The van der Waals surface area contributed by atoms with E-state index in [2.05, 4.69) is 4.74 Å². The Morgan fingerprint density at radius 1 is 1.00 bits per heavy atom. The molecule has 2 aromatic carbocycles. The highest BCUT2D eigenvalue weighted by Gasteiger charge is 2.29. The van der Waals surface area contributed by atoms with Crippen LogP contribution in [0.25, 0.3) is 11.1 Å². The van der Waals surface area contributed by atoms with Crippen molar-refractivity contribution in [3.8, 4) is 11.1 Å². The highest BCUT2D eigenvalue weighted by atomic mass is 19.4. The standard InChI is InChI=1S/C16H14F3NO2/c1-22-15(21)14(20)12-4-2-10(3-5-12)11-6-8-13(9-7-11)16(17,18)19/h2-9,14H,20H2,1H3/t14-/m1/s1. The van der Waals surface area contributed by atoms with Gasteiger partial charge in [-0.3, -0.25) is 4.79 Å². The molecular weight excluding hydrogens is 295 g/mol. The van der Waals surface area contributed by atoms with Crippen molar-refractivity contribution in [1.29, 1.82) is 0 Å². The number of benzene rings is 2. The summed E-state index contributed by atoms with van der Waals surface area (Å²) in [6.07, 6.45) is -4.35. The Bertz CT molecular complexity index is 649. The molecule has 0 unspecified atom stereocenters. The van der Waals surface area contributed by atoms with Crippen LogP contribution in [0.4, 0.5) is 13.2 Å². The van der Waals surface area contributed by atoms with E-state index in [1.165, 1.54) is 19.2 Å². The van der Waals surface area contributed by atoms with Crippen molar-refractivity contribution >= 4 is 5.97 Å². The van der Waals surface area contributed by atoms with Crippen LogP contribution in [0, 0.1) is 0 Å². The predicted molar refractivity (Wildman–Crippen MR) is 75.8 cm³/mol. The van der Waals surface area contributed by atoms with Crippen LogP contribution >= 0.6 is 0 Å². The number of methoxy groups -OCH3 is 1. The summed E-state index contributed by atoms with van der Waals surface area (Å²) < 4.78 is 42.1. The Kier molecular flexibility index (Phi) is 4.51. The van der Waals surface area contributed by atoms with Gasteiger partial charge in [0.15, 0.2) is 0 Å². The minimum Gasteiger partial charge on any atom is -0.468 e. The second-order valence-electron chi connectivity index (χ2n) is 4.70. The molecule has 116 valence electrons. The summed E-state index contributed by atoms with van der Waals surface area (Å²) in [4.78, 5) is 11.3. The minimum atomic E-state index is -4.35. The summed E-state index contributed by atoms with van der Waals surface area (Å²) in [7, 11) is 1.25. The quantitative estimate of drug-likeness (QED) is 0.882. The second kappa shape index (κ2) is 6.19. The van der Waals surface area contributed by atoms with Crippen LogP contribution in [0.3, 0.4) is 0 Å². The molecule has 6 heteroatoms. The molecule has 0 bridgehead atoms. The lowest BCUT2D eigenvalue weighted by molar-refractivity contribution is -0.142. The Morgan fingerprint density at radius 3 is 1.86 bits per heavy atom. The summed E-state index contributed by atoms with van der Waals surface area (Å²) >= 11 is 0. The number of carbonyl (C=O) groups is 1. The Labute approximate surface area is 125 Å². The van der Waals surface area contributed by atoms with Crippen LogP contribution in [-0.2, 0) is 15.7 Å². The highest BCUT2D eigenvalue weighted by Crippen LogP contribution is 2.31. The maximum absolute atomic E-state index is 12.5. The fraction of sp³-hybridized carbons (Fsp3) is 0.188. The molecule has 2 rings (SSSR count). The zero-order valence-corrected chi connectivity index (χ0v) is 11.7. The maximum Gasteiger partial charge on any atom is 0.416 e. The van der Waals surface area contributed by atoms with Gasteiger partial charge in [-0.2, -0.15) is 13.2 Å². The molecule has 0 amide bonds. The molecule has 1 atom stereocenters. The Hall–Kier alpha value is -2.34. The Morgan fingerprint density at radius 2 is 1.45 bits per heavy atom. The van der Waals surface area contributed by atoms with Crippen LogP contribution < -0.4 is 5.73 Å². The number of halogens is 3. The lowest BCUT2D eigenvalue weighted by Gasteiger charge is -2.11. The smallest absolute Gasteiger partial charge is 0.416 e. The van der Waals surface area contributed by atoms with Crippen molar-refractivity contribution in [2.45, 2.75) is 12.2 Å². The summed E-state index contributed by atoms with van der Waals surface area (Å²) in [6, 6.07) is 10.7. The number of ether oxygens (including phenoxy) is 1. The van der Waals surface area contributed by atoms with E-state index < -0.39 is 23.8 Å². The molecule has 0 radical (unpaired) electrons. The Balaban J connectivity index is 2.22. The van der Waals surface area contributed by atoms with Gasteiger partial charge in [-0.1, -0.05) is 36.4 Å². The first-order valence-corrected chi connectivity index (χ1v) is 6.44. The average Bonchev–Trinajstić information content (AvgIpc) is 2.53. The van der Waals surface area contributed by atoms with Crippen molar-refractivity contribution in [3.63, 3.8) is 0 Å². The topological polar surface area (TPSA) is 52.3 Å². The fourth-order valence-electron chi connectivity index (χ4n) is 2.00. The highest BCUT2D eigenvalue weighted by molar-refractivity contribution is 5.77. The predicted octanol–water partition coefficient (Wildman–Crippen LogP) is 3.55. The van der Waals surface area contributed by atoms with Gasteiger partial charge in [0.1, 0.15) is 6.04 Å². The summed E-state index contributed by atoms with van der Waals surface area (Å²) in [5.74, 6) is -0.553. The molecule has 0 aliphatic carbocycles. The van der Waals surface area contributed by atoms with Gasteiger partial charge in [0.25, 0.3) is 0 Å². The van der Waals surface area contributed by atoms with E-state index in [1.807, 2.05) is 0 Å². The lowest BCUT2D eigenvalue weighted by atomic mass is 10.00. The molecule has 0 aliphatic rings. The second-order valence-corrected chi connectivity index (χ2v) is 4.70. The van der Waals surface area contributed by atoms with Gasteiger partial charge >= 0.3 is 12.1 Å². The third-order valence-corrected chi connectivity index (χ3v) is 3.27. The van der Waals surface area contributed by atoms with E-state index in [0.717, 1.165) is 17.7 Å². The molecule has 0 aromatic heterocycles. The van der Waals surface area contributed by atoms with E-state index >= 15 is 0 Å². The van der Waals surface area contributed by atoms with Gasteiger partial charge in [0.05, 0.1) is 12.7 Å². The first kappa shape index (κ1) is 16.0. The van der Waals surface area contributed by atoms with Crippen molar-refractivity contribution in [2.75, 3.05) is 7.11 Å². The zero-order valence-electron chi connectivity index (χ0n) is 11.7. The van der Waals surface area contributed by atoms with Crippen molar-refractivity contribution in [1.82, 2.24) is 0 Å². The first-order valence-electron chi connectivity index (χ1n) is 6.44. The molecule has 22 heavy (non-hydrogen) atoms. The summed E-state index contributed by atoms with van der Waals surface area (Å²) in [6.45, 7) is 0. The van der Waals surface area contributed by atoms with Gasteiger partial charge < -0.3 is 10.5 Å². The molecule has 0 spiro atoms. The monoisotopic (exact) mass is 309 g/mol. The van der Waals surface area contributed by atoms with Crippen LogP contribution in [0.5, 0.6) is 0 Å². The van der Waals surface area contributed by atoms with Gasteiger partial charge in [0.2, 0.25) is 0 Å². The van der Waals surface area contributed by atoms with E-state index in [9.17, 15) is 18.0 Å². The third kappa shape index (κ3) is 3.46. The molecule has 3 nitrogen and oxygen atoms in total. The van der Waals surface area contributed by atoms with E-state index in [0.29, 0.717) is 11.1 Å². The number of esters is 1. The van der Waals surface area contributed by atoms with Crippen LogP contribution in [0.1, 0.15) is 17.2 Å². The van der Waals surface area contributed by atoms with Crippen molar-refractivity contribution in [2.24, 2.45) is 5.73 Å². The number of carbonyl (C=O) groups excluding carboxylic acids is 1. The van der Waals surface area contributed by atoms with E-state index in [-0.39, 0.29) is 0 Å². The average molecular weight is 309 g/mol. The molecule has 2 N–H and O–H groups in total. The van der Waals surface area contributed by atoms with Crippen LogP contribution in [-0.4, -0.2) is 13.1 Å². The maximum atomic E-state index is 12.5. The molecule has 0 saturated carbocycles. The number of hydrogen-bond donors (Lipinski definition) is 1. The van der Waals surface area contributed by atoms with Crippen LogP contribution in [0.15, 0.2) is 48.5 Å². The number of hydrogen-bond acceptors (Lipinski definition) is 3. The van der Waals surface area contributed by atoms with E-state index in [1.54, 1.807) is 24.3 Å². The fourth-order valence-corrected chi connectivity index (χ4v) is 2.00.